The number of anilines is 1. The van der Waals surface area contributed by atoms with Crippen LogP contribution in [0.5, 0.6) is 0 Å². The highest BCUT2D eigenvalue weighted by atomic mass is 16.5. The highest BCUT2D eigenvalue weighted by Crippen LogP contribution is 2.31. The van der Waals surface area contributed by atoms with E-state index in [4.69, 9.17) is 9.73 Å². The van der Waals surface area contributed by atoms with Gasteiger partial charge in [-0.3, -0.25) is 9.59 Å². The van der Waals surface area contributed by atoms with Crippen LogP contribution in [0.25, 0.3) is 5.70 Å². The lowest BCUT2D eigenvalue weighted by molar-refractivity contribution is -0.147. The Morgan fingerprint density at radius 3 is 2.33 bits per heavy atom. The Balaban J connectivity index is 2.28. The van der Waals surface area contributed by atoms with E-state index in [0.29, 0.717) is 36.7 Å². The fourth-order valence-corrected chi connectivity index (χ4v) is 4.47. The van der Waals surface area contributed by atoms with Crippen molar-refractivity contribution in [3.05, 3.63) is 59.6 Å². The summed E-state index contributed by atoms with van der Waals surface area (Å²) in [5.74, 6) is -1.08. The second kappa shape index (κ2) is 16.4. The molecule has 0 aromatic heterocycles. The van der Waals surface area contributed by atoms with Gasteiger partial charge >= 0.3 is 5.97 Å². The summed E-state index contributed by atoms with van der Waals surface area (Å²) >= 11 is 0. The zero-order chi connectivity index (χ0) is 28.8. The Bertz CT molecular complexity index is 1070. The minimum Gasteiger partial charge on any atom is -0.481 e. The first kappa shape index (κ1) is 31.6. The standard InChI is InChI=1S/C30H45N5O4/c1-7-10-15-27(39-20(4)5)34-26(9-3)33-25(8-2)28(35-31-6)21-16-18-22(19-17-21)32-29(36)23-13-11-12-14-24(23)30(37)38/h9-10,15-20,23-24,31,33,35H,7-8,11-14H2,1-6H3,(H,32,36)(H,37,38)/b15-10+,26-9-,28-25+,34-27+. The molecule has 2 atom stereocenters. The predicted molar refractivity (Wildman–Crippen MR) is 158 cm³/mol. The molecule has 0 aliphatic heterocycles. The first-order valence-corrected chi connectivity index (χ1v) is 13.9. The quantitative estimate of drug-likeness (QED) is 0.126. The molecule has 1 saturated carbocycles. The number of rotatable bonds is 13. The van der Waals surface area contributed by atoms with Gasteiger partial charge in [-0.2, -0.15) is 4.99 Å². The zero-order valence-corrected chi connectivity index (χ0v) is 24.1. The fourth-order valence-electron chi connectivity index (χ4n) is 4.47. The molecule has 2 unspecified atom stereocenters. The molecule has 2 rings (SSSR count). The number of carboxylic acid groups (broad SMARTS) is 1. The highest BCUT2D eigenvalue weighted by molar-refractivity contribution is 5.95. The predicted octanol–water partition coefficient (Wildman–Crippen LogP) is 5.56. The van der Waals surface area contributed by atoms with E-state index in [0.717, 1.165) is 36.2 Å². The molecule has 0 bridgehead atoms. The second-order valence-electron chi connectivity index (χ2n) is 9.71. The molecule has 9 nitrogen and oxygen atoms in total. The molecular formula is C30H45N5O4. The van der Waals surface area contributed by atoms with Crippen LogP contribution >= 0.6 is 0 Å². The maximum Gasteiger partial charge on any atom is 0.307 e. The molecule has 0 radical (unpaired) electrons. The van der Waals surface area contributed by atoms with Gasteiger partial charge in [0.2, 0.25) is 11.8 Å². The van der Waals surface area contributed by atoms with E-state index < -0.39 is 17.8 Å². The minimum absolute atomic E-state index is 0.00167. The smallest absolute Gasteiger partial charge is 0.307 e. The van der Waals surface area contributed by atoms with Crippen molar-refractivity contribution in [2.24, 2.45) is 16.8 Å². The molecule has 5 N–H and O–H groups in total. The second-order valence-corrected chi connectivity index (χ2v) is 9.71. The third-order valence-electron chi connectivity index (χ3n) is 6.40. The van der Waals surface area contributed by atoms with Crippen molar-refractivity contribution in [1.82, 2.24) is 16.2 Å². The molecule has 0 spiro atoms. The number of hydrogen-bond acceptors (Lipinski definition) is 7. The largest absolute Gasteiger partial charge is 0.481 e. The van der Waals surface area contributed by atoms with Crippen LogP contribution in [0.1, 0.15) is 78.7 Å². The number of aliphatic imine (C=N–C) groups is 1. The number of allylic oxidation sites excluding steroid dienone is 3. The van der Waals surface area contributed by atoms with Crippen LogP contribution in [0.2, 0.25) is 0 Å². The van der Waals surface area contributed by atoms with Gasteiger partial charge in [0, 0.05) is 24.0 Å². The van der Waals surface area contributed by atoms with Crippen LogP contribution in [0, 0.1) is 11.8 Å². The number of carboxylic acids is 1. The van der Waals surface area contributed by atoms with Crippen molar-refractivity contribution < 1.29 is 19.4 Å². The molecule has 39 heavy (non-hydrogen) atoms. The Labute approximate surface area is 232 Å². The normalized spacial score (nSPS) is 19.1. The highest BCUT2D eigenvalue weighted by Gasteiger charge is 2.35. The lowest BCUT2D eigenvalue weighted by Crippen LogP contribution is -2.36. The topological polar surface area (TPSA) is 124 Å². The first-order chi connectivity index (χ1) is 18.7. The maximum atomic E-state index is 12.9. The van der Waals surface area contributed by atoms with Crippen LogP contribution in [-0.4, -0.2) is 36.0 Å². The Hall–Kier alpha value is -3.59. The monoisotopic (exact) mass is 539 g/mol. The SMILES string of the molecule is C\C=C(/N=C(\C=C\CC)OC(C)C)N/C(CC)=C(/NNC)c1ccc(NC(=O)C2CCCCC2C(=O)O)cc1. The molecule has 0 heterocycles. The summed E-state index contributed by atoms with van der Waals surface area (Å²) in [6.07, 6.45) is 10.2. The molecule has 1 amide bonds. The van der Waals surface area contributed by atoms with Crippen molar-refractivity contribution >= 4 is 29.2 Å². The van der Waals surface area contributed by atoms with Gasteiger partial charge in [0.1, 0.15) is 5.82 Å². The number of nitrogens with one attached hydrogen (secondary N) is 4. The number of amides is 1. The van der Waals surface area contributed by atoms with Crippen LogP contribution in [0.4, 0.5) is 5.69 Å². The van der Waals surface area contributed by atoms with Crippen molar-refractivity contribution in [3.63, 3.8) is 0 Å². The Morgan fingerprint density at radius 1 is 1.13 bits per heavy atom. The fraction of sp³-hybridized carbons (Fsp3) is 0.500. The van der Waals surface area contributed by atoms with Crippen molar-refractivity contribution in [2.75, 3.05) is 12.4 Å². The van der Waals surface area contributed by atoms with E-state index >= 15 is 0 Å². The molecule has 1 aromatic carbocycles. The number of benzene rings is 1. The average molecular weight is 540 g/mol. The molecule has 9 heteroatoms. The van der Waals surface area contributed by atoms with E-state index in [2.05, 4.69) is 35.3 Å². The van der Waals surface area contributed by atoms with Crippen molar-refractivity contribution in [1.29, 1.82) is 0 Å². The van der Waals surface area contributed by atoms with Crippen LogP contribution in [-0.2, 0) is 14.3 Å². The Kier molecular flexibility index (Phi) is 13.3. The molecular weight excluding hydrogens is 494 g/mol. The van der Waals surface area contributed by atoms with E-state index in [-0.39, 0.29) is 12.0 Å². The summed E-state index contributed by atoms with van der Waals surface area (Å²) < 4.78 is 5.87. The number of hydrogen-bond donors (Lipinski definition) is 5. The van der Waals surface area contributed by atoms with Gasteiger partial charge in [-0.15, -0.1) is 0 Å². The molecule has 1 aliphatic rings. The summed E-state index contributed by atoms with van der Waals surface area (Å²) in [4.78, 5) is 29.2. The first-order valence-electron chi connectivity index (χ1n) is 13.9. The van der Waals surface area contributed by atoms with E-state index in [1.807, 2.05) is 63.3 Å². The lowest BCUT2D eigenvalue weighted by Gasteiger charge is -2.27. The van der Waals surface area contributed by atoms with Crippen LogP contribution in [0.15, 0.2) is 59.0 Å². The molecule has 0 saturated heterocycles. The summed E-state index contributed by atoms with van der Waals surface area (Å²) in [5, 5.41) is 15.9. The Morgan fingerprint density at radius 2 is 1.79 bits per heavy atom. The van der Waals surface area contributed by atoms with E-state index in [9.17, 15) is 14.7 Å². The van der Waals surface area contributed by atoms with Crippen LogP contribution < -0.4 is 21.5 Å². The third kappa shape index (κ3) is 9.90. The molecule has 1 aromatic rings. The van der Waals surface area contributed by atoms with Gasteiger partial charge < -0.3 is 25.9 Å². The number of nitrogens with zero attached hydrogens (tertiary/aromatic N) is 1. The summed E-state index contributed by atoms with van der Waals surface area (Å²) in [6.45, 7) is 9.97. The zero-order valence-electron chi connectivity index (χ0n) is 24.1. The van der Waals surface area contributed by atoms with Crippen molar-refractivity contribution in [2.45, 2.75) is 79.2 Å². The molecule has 1 fully saturated rings. The van der Waals surface area contributed by atoms with Gasteiger partial charge in [-0.05, 0) is 70.7 Å². The summed E-state index contributed by atoms with van der Waals surface area (Å²) in [6, 6.07) is 7.49. The molecule has 214 valence electrons. The van der Waals surface area contributed by atoms with Crippen LogP contribution in [0.3, 0.4) is 0 Å². The van der Waals surface area contributed by atoms with Gasteiger partial charge in [0.25, 0.3) is 0 Å². The average Bonchev–Trinajstić information content (AvgIpc) is 2.93. The number of aliphatic carboxylic acids is 1. The number of carbonyl (C=O) groups excluding carboxylic acids is 1. The van der Waals surface area contributed by atoms with Gasteiger partial charge in [-0.25, -0.2) is 5.43 Å². The number of hydrazine groups is 1. The van der Waals surface area contributed by atoms with Gasteiger partial charge in [0.05, 0.1) is 23.6 Å². The maximum absolute atomic E-state index is 12.9. The lowest BCUT2D eigenvalue weighted by atomic mass is 9.78. The number of ether oxygens (including phenoxy) is 1. The third-order valence-corrected chi connectivity index (χ3v) is 6.40. The number of carbonyl (C=O) groups is 2. The van der Waals surface area contributed by atoms with Gasteiger partial charge in [-0.1, -0.05) is 44.9 Å². The van der Waals surface area contributed by atoms with E-state index in [1.54, 1.807) is 7.05 Å². The summed E-state index contributed by atoms with van der Waals surface area (Å²) in [5.41, 5.74) is 9.50. The summed E-state index contributed by atoms with van der Waals surface area (Å²) in [7, 11) is 1.80. The van der Waals surface area contributed by atoms with E-state index in [1.165, 1.54) is 0 Å². The molecule has 1 aliphatic carbocycles. The van der Waals surface area contributed by atoms with Gasteiger partial charge in [0.15, 0.2) is 0 Å². The van der Waals surface area contributed by atoms with Crippen molar-refractivity contribution in [3.8, 4) is 0 Å². The minimum atomic E-state index is -0.896.